The van der Waals surface area contributed by atoms with Gasteiger partial charge in [-0.25, -0.2) is 14.0 Å². The summed E-state index contributed by atoms with van der Waals surface area (Å²) in [6.07, 6.45) is 0. The first-order chi connectivity index (χ1) is 8.95. The van der Waals surface area contributed by atoms with E-state index in [4.69, 9.17) is 4.74 Å². The van der Waals surface area contributed by atoms with Crippen LogP contribution in [0.4, 0.5) is 9.18 Å². The van der Waals surface area contributed by atoms with E-state index in [1.807, 2.05) is 0 Å². The van der Waals surface area contributed by atoms with Gasteiger partial charge >= 0.3 is 12.0 Å². The Hall–Kier alpha value is -2.11. The largest absolute Gasteiger partial charge is 0.462 e. The van der Waals surface area contributed by atoms with E-state index in [9.17, 15) is 14.0 Å². The summed E-state index contributed by atoms with van der Waals surface area (Å²) in [5.41, 5.74) is 0.00750. The molecule has 19 heavy (non-hydrogen) atoms. The van der Waals surface area contributed by atoms with E-state index >= 15 is 0 Å². The zero-order valence-electron chi connectivity index (χ0n) is 10.9. The Morgan fingerprint density at radius 3 is 2.68 bits per heavy atom. The molecule has 1 aromatic carbocycles. The Bertz CT molecular complexity index is 680. The summed E-state index contributed by atoms with van der Waals surface area (Å²) in [4.78, 5) is 30.3. The van der Waals surface area contributed by atoms with Crippen LogP contribution >= 0.6 is 0 Å². The Morgan fingerprint density at radius 1 is 1.42 bits per heavy atom. The van der Waals surface area contributed by atoms with Gasteiger partial charge in [-0.3, -0.25) is 0 Å². The molecule has 1 aromatic rings. The van der Waals surface area contributed by atoms with Gasteiger partial charge in [0.2, 0.25) is 0 Å². The lowest BCUT2D eigenvalue weighted by atomic mass is 9.99. The number of esters is 1. The fourth-order valence-corrected chi connectivity index (χ4v) is 1.89. The molecule has 0 unspecified atom stereocenters. The van der Waals surface area contributed by atoms with Gasteiger partial charge in [-0.15, -0.1) is 0 Å². The number of ether oxygens (including phenoxy) is 1. The number of hydrogen-bond acceptors (Lipinski definition) is 3. The van der Waals surface area contributed by atoms with Gasteiger partial charge in [0.05, 0.1) is 12.0 Å². The second kappa shape index (κ2) is 4.87. The molecular weight excluding hydrogens is 251 g/mol. The predicted octanol–water partition coefficient (Wildman–Crippen LogP) is 1.50. The number of halogens is 1. The van der Waals surface area contributed by atoms with E-state index in [1.54, 1.807) is 20.8 Å². The van der Waals surface area contributed by atoms with E-state index in [0.717, 1.165) is 0 Å². The SMILES string of the molecule is CCOC(=O)c1c(F)c(C(C)C)cc2c1=NC(=O)N=2. The minimum absolute atomic E-state index is 0.0367. The minimum atomic E-state index is -0.826. The molecule has 0 N–H and O–H groups in total. The van der Waals surface area contributed by atoms with Crippen molar-refractivity contribution in [2.24, 2.45) is 9.98 Å². The first kappa shape index (κ1) is 13.3. The van der Waals surface area contributed by atoms with E-state index in [0.29, 0.717) is 5.56 Å². The third-order valence-electron chi connectivity index (χ3n) is 2.77. The summed E-state index contributed by atoms with van der Waals surface area (Å²) in [7, 11) is 0. The third-order valence-corrected chi connectivity index (χ3v) is 2.77. The van der Waals surface area contributed by atoms with Crippen molar-refractivity contribution >= 4 is 12.0 Å². The molecule has 0 aliphatic carbocycles. The lowest BCUT2D eigenvalue weighted by Crippen LogP contribution is -2.33. The minimum Gasteiger partial charge on any atom is -0.462 e. The van der Waals surface area contributed by atoms with Crippen molar-refractivity contribution in [2.45, 2.75) is 26.7 Å². The second-order valence-corrected chi connectivity index (χ2v) is 4.40. The van der Waals surface area contributed by atoms with E-state index in [-0.39, 0.29) is 28.8 Å². The normalized spacial score (nSPS) is 13.0. The predicted molar refractivity (Wildman–Crippen MR) is 64.2 cm³/mol. The van der Waals surface area contributed by atoms with Crippen LogP contribution < -0.4 is 10.7 Å². The molecule has 0 radical (unpaired) electrons. The van der Waals surface area contributed by atoms with Crippen LogP contribution in [0.1, 0.15) is 42.6 Å². The highest BCUT2D eigenvalue weighted by molar-refractivity contribution is 5.91. The number of rotatable bonds is 3. The molecule has 0 bridgehead atoms. The third kappa shape index (κ3) is 2.25. The van der Waals surface area contributed by atoms with Crippen molar-refractivity contribution in [1.82, 2.24) is 0 Å². The summed E-state index contributed by atoms with van der Waals surface area (Å²) in [5, 5.41) is 0.184. The van der Waals surface area contributed by atoms with Crippen molar-refractivity contribution in [3.63, 3.8) is 0 Å². The summed E-state index contributed by atoms with van der Waals surface area (Å²) in [6.45, 7) is 5.31. The van der Waals surface area contributed by atoms with E-state index in [2.05, 4.69) is 9.98 Å². The molecule has 0 aromatic heterocycles. The van der Waals surface area contributed by atoms with Crippen LogP contribution in [-0.2, 0) is 4.74 Å². The fraction of sp³-hybridized carbons (Fsp3) is 0.385. The van der Waals surface area contributed by atoms with Crippen LogP contribution in [0.15, 0.2) is 16.1 Å². The smallest absolute Gasteiger partial charge is 0.368 e. The number of fused-ring (bicyclic) bond motifs is 1. The maximum atomic E-state index is 14.4. The second-order valence-electron chi connectivity index (χ2n) is 4.40. The highest BCUT2D eigenvalue weighted by Gasteiger charge is 2.24. The van der Waals surface area contributed by atoms with Gasteiger partial charge in [0, 0.05) is 0 Å². The number of nitrogens with zero attached hydrogens (tertiary/aromatic N) is 2. The number of carbonyl (C=O) groups is 2. The topological polar surface area (TPSA) is 68.1 Å². The zero-order valence-corrected chi connectivity index (χ0v) is 10.9. The average Bonchev–Trinajstić information content (AvgIpc) is 2.68. The van der Waals surface area contributed by atoms with E-state index < -0.39 is 17.8 Å². The molecule has 2 rings (SSSR count). The van der Waals surface area contributed by atoms with Crippen molar-refractivity contribution < 1.29 is 18.7 Å². The van der Waals surface area contributed by atoms with Crippen LogP contribution in [0.5, 0.6) is 0 Å². The summed E-state index contributed by atoms with van der Waals surface area (Å²) < 4.78 is 19.2. The zero-order chi connectivity index (χ0) is 14.2. The van der Waals surface area contributed by atoms with Gasteiger partial charge in [0.1, 0.15) is 16.7 Å². The number of hydrogen-bond donors (Lipinski definition) is 0. The molecule has 0 saturated carbocycles. The van der Waals surface area contributed by atoms with Gasteiger partial charge < -0.3 is 4.74 Å². The molecule has 1 heterocycles. The van der Waals surface area contributed by atoms with E-state index in [1.165, 1.54) is 6.07 Å². The summed E-state index contributed by atoms with van der Waals surface area (Å²) >= 11 is 0. The molecule has 6 heteroatoms. The molecule has 0 spiro atoms. The Kier molecular flexibility index (Phi) is 3.42. The number of carbonyl (C=O) groups excluding carboxylic acids is 2. The standard InChI is InChI=1S/C13H13FN2O3/c1-4-19-12(17)9-10(14)7(6(2)3)5-8-11(9)16-13(18)15-8/h5-6H,4H2,1-3H3. The number of benzene rings is 1. The molecule has 0 saturated heterocycles. The monoisotopic (exact) mass is 264 g/mol. The molecule has 1 aliphatic rings. The Morgan fingerprint density at radius 2 is 2.11 bits per heavy atom. The molecular formula is C13H13FN2O3. The van der Waals surface area contributed by atoms with Crippen molar-refractivity contribution in [3.8, 4) is 0 Å². The highest BCUT2D eigenvalue weighted by Crippen LogP contribution is 2.18. The van der Waals surface area contributed by atoms with Crippen LogP contribution in [0.2, 0.25) is 0 Å². The fourth-order valence-electron chi connectivity index (χ4n) is 1.89. The van der Waals surface area contributed by atoms with Crippen molar-refractivity contribution in [3.05, 3.63) is 33.7 Å². The Labute approximate surface area is 108 Å². The molecule has 0 atom stereocenters. The van der Waals surface area contributed by atoms with Crippen LogP contribution in [0.25, 0.3) is 0 Å². The molecule has 100 valence electrons. The first-order valence-electron chi connectivity index (χ1n) is 5.96. The molecule has 0 fully saturated rings. The number of urea groups is 1. The van der Waals surface area contributed by atoms with Crippen molar-refractivity contribution in [2.75, 3.05) is 6.61 Å². The van der Waals surface area contributed by atoms with Gasteiger partial charge in [0.25, 0.3) is 0 Å². The number of amides is 2. The van der Waals surface area contributed by atoms with Gasteiger partial charge in [-0.2, -0.15) is 9.98 Å². The summed E-state index contributed by atoms with van der Waals surface area (Å²) in [5.74, 6) is -1.67. The first-order valence-corrected chi connectivity index (χ1v) is 5.96. The quantitative estimate of drug-likeness (QED) is 0.777. The van der Waals surface area contributed by atoms with Gasteiger partial charge in [-0.05, 0) is 24.5 Å². The van der Waals surface area contributed by atoms with Gasteiger partial charge in [-0.1, -0.05) is 13.8 Å². The van der Waals surface area contributed by atoms with Crippen LogP contribution in [0, 0.1) is 5.82 Å². The lowest BCUT2D eigenvalue weighted by Gasteiger charge is -2.10. The van der Waals surface area contributed by atoms with Crippen LogP contribution in [-0.4, -0.2) is 18.6 Å². The maximum Gasteiger partial charge on any atom is 0.368 e. The van der Waals surface area contributed by atoms with Gasteiger partial charge in [0.15, 0.2) is 0 Å². The molecule has 2 amide bonds. The maximum absolute atomic E-state index is 14.4. The Balaban J connectivity index is 2.79. The lowest BCUT2D eigenvalue weighted by molar-refractivity contribution is 0.0518. The highest BCUT2D eigenvalue weighted by atomic mass is 19.1. The average molecular weight is 264 g/mol. The van der Waals surface area contributed by atoms with Crippen molar-refractivity contribution in [1.29, 1.82) is 0 Å². The molecule has 1 aliphatic heterocycles. The molecule has 5 nitrogen and oxygen atoms in total. The summed E-state index contributed by atoms with van der Waals surface area (Å²) in [6, 6.07) is 0.716. The van der Waals surface area contributed by atoms with Crippen LogP contribution in [0.3, 0.4) is 0 Å².